The summed E-state index contributed by atoms with van der Waals surface area (Å²) >= 11 is 1.89. The summed E-state index contributed by atoms with van der Waals surface area (Å²) in [7, 11) is 0. The van der Waals surface area contributed by atoms with Crippen molar-refractivity contribution >= 4 is 86.9 Å². The van der Waals surface area contributed by atoms with Gasteiger partial charge in [0, 0.05) is 20.2 Å². The fourth-order valence-corrected chi connectivity index (χ4v) is 8.82. The highest BCUT2D eigenvalue weighted by molar-refractivity contribution is 7.26. The first-order valence-corrected chi connectivity index (χ1v) is 16.3. The van der Waals surface area contributed by atoms with Crippen LogP contribution in [0.3, 0.4) is 0 Å². The van der Waals surface area contributed by atoms with Crippen LogP contribution in [-0.4, -0.2) is 6.71 Å². The first-order valence-electron chi connectivity index (χ1n) is 15.5. The smallest absolute Gasteiger partial charge is 0.250 e. The molecule has 0 atom stereocenters. The Kier molecular flexibility index (Phi) is 5.31. The van der Waals surface area contributed by atoms with Crippen LogP contribution in [0.2, 0.25) is 0 Å². The maximum Gasteiger partial charge on any atom is 0.250 e. The molecule has 0 aliphatic carbocycles. The largest absolute Gasteiger partial charge is 0.458 e. The molecule has 208 valence electrons. The van der Waals surface area contributed by atoms with Crippen molar-refractivity contribution in [2.75, 3.05) is 0 Å². The van der Waals surface area contributed by atoms with Gasteiger partial charge in [0.2, 0.25) is 0 Å². The van der Waals surface area contributed by atoms with Gasteiger partial charge in [0.15, 0.2) is 0 Å². The standard InChI is InChI=1S/C42H25BOS/c1-3-15-31-29(13-1)30-14-2-4-16-32(30)36-25-40-38(24-35(31)36)43(37-20-6-7-21-39(37)44-40)27-12-9-11-26(23-27)28-18-10-19-34-33-17-5-8-22-41(33)45-42(28)34/h1-25H. The molecule has 0 N–H and O–H groups in total. The number of fused-ring (bicyclic) bond motifs is 11. The summed E-state index contributed by atoms with van der Waals surface area (Å²) in [5, 5.41) is 10.2. The molecule has 9 aromatic rings. The van der Waals surface area contributed by atoms with Crippen LogP contribution in [0, 0.1) is 0 Å². The second-order valence-electron chi connectivity index (χ2n) is 12.0. The Hall–Kier alpha value is -5.38. The van der Waals surface area contributed by atoms with Crippen LogP contribution in [0.15, 0.2) is 152 Å². The molecule has 1 aliphatic rings. The van der Waals surface area contributed by atoms with Gasteiger partial charge in [0.25, 0.3) is 6.71 Å². The Morgan fingerprint density at radius 3 is 1.84 bits per heavy atom. The molecule has 45 heavy (non-hydrogen) atoms. The van der Waals surface area contributed by atoms with Crippen molar-refractivity contribution in [1.82, 2.24) is 0 Å². The minimum Gasteiger partial charge on any atom is -0.458 e. The molecule has 8 aromatic carbocycles. The van der Waals surface area contributed by atoms with Gasteiger partial charge >= 0.3 is 0 Å². The Morgan fingerprint density at radius 2 is 1.04 bits per heavy atom. The lowest BCUT2D eigenvalue weighted by Gasteiger charge is -2.28. The van der Waals surface area contributed by atoms with E-state index in [-0.39, 0.29) is 6.71 Å². The highest BCUT2D eigenvalue weighted by Crippen LogP contribution is 2.40. The fourth-order valence-electron chi connectivity index (χ4n) is 7.58. The maximum absolute atomic E-state index is 6.71. The number of benzene rings is 8. The van der Waals surface area contributed by atoms with E-state index in [9.17, 15) is 0 Å². The van der Waals surface area contributed by atoms with Crippen molar-refractivity contribution in [3.8, 4) is 22.6 Å². The summed E-state index contributed by atoms with van der Waals surface area (Å²) < 4.78 is 9.38. The van der Waals surface area contributed by atoms with Crippen LogP contribution >= 0.6 is 11.3 Å². The number of para-hydroxylation sites is 1. The molecule has 2 heterocycles. The Balaban J connectivity index is 1.23. The van der Waals surface area contributed by atoms with Crippen molar-refractivity contribution in [2.24, 2.45) is 0 Å². The molecule has 1 aromatic heterocycles. The number of thiophene rings is 1. The molecule has 1 aliphatic heterocycles. The summed E-state index contributed by atoms with van der Waals surface area (Å²) in [5.41, 5.74) is 6.21. The van der Waals surface area contributed by atoms with Crippen LogP contribution in [0.1, 0.15) is 0 Å². The zero-order chi connectivity index (χ0) is 29.5. The molecule has 10 rings (SSSR count). The molecule has 0 unspecified atom stereocenters. The van der Waals surface area contributed by atoms with Gasteiger partial charge in [-0.15, -0.1) is 11.3 Å². The van der Waals surface area contributed by atoms with Crippen molar-refractivity contribution in [3.63, 3.8) is 0 Å². The molecule has 0 bridgehead atoms. The fraction of sp³-hybridized carbons (Fsp3) is 0. The third kappa shape index (κ3) is 3.68. The molecule has 1 nitrogen and oxygen atoms in total. The van der Waals surface area contributed by atoms with Gasteiger partial charge in [-0.25, -0.2) is 0 Å². The molecular formula is C42H25BOS. The van der Waals surface area contributed by atoms with Gasteiger partial charge in [-0.2, -0.15) is 0 Å². The predicted octanol–water partition coefficient (Wildman–Crippen LogP) is 9.80. The van der Waals surface area contributed by atoms with E-state index >= 15 is 0 Å². The van der Waals surface area contributed by atoms with E-state index in [1.807, 2.05) is 11.3 Å². The topological polar surface area (TPSA) is 9.23 Å². The second-order valence-corrected chi connectivity index (χ2v) is 13.1. The number of rotatable bonds is 2. The van der Waals surface area contributed by atoms with E-state index in [1.165, 1.54) is 80.0 Å². The van der Waals surface area contributed by atoms with Gasteiger partial charge in [-0.3, -0.25) is 0 Å². The first kappa shape index (κ1) is 25.0. The van der Waals surface area contributed by atoms with Crippen molar-refractivity contribution in [2.45, 2.75) is 0 Å². The monoisotopic (exact) mass is 588 g/mol. The lowest BCUT2D eigenvalue weighted by Crippen LogP contribution is -2.54. The Bertz CT molecular complexity index is 2650. The minimum atomic E-state index is 0.0427. The quantitative estimate of drug-likeness (QED) is 0.144. The zero-order valence-electron chi connectivity index (χ0n) is 24.3. The molecular weight excluding hydrogens is 563 g/mol. The van der Waals surface area contributed by atoms with Crippen LogP contribution in [0.4, 0.5) is 0 Å². The summed E-state index contributed by atoms with van der Waals surface area (Å²) in [4.78, 5) is 0. The molecule has 0 fully saturated rings. The molecule has 0 saturated heterocycles. The Morgan fingerprint density at radius 1 is 0.422 bits per heavy atom. The maximum atomic E-state index is 6.71. The van der Waals surface area contributed by atoms with Crippen LogP contribution in [0.25, 0.3) is 63.6 Å². The van der Waals surface area contributed by atoms with E-state index < -0.39 is 0 Å². The number of hydrogen-bond acceptors (Lipinski definition) is 2. The number of hydrogen-bond donors (Lipinski definition) is 0. The third-order valence-electron chi connectivity index (χ3n) is 9.57. The lowest BCUT2D eigenvalue weighted by atomic mass is 9.35. The van der Waals surface area contributed by atoms with Gasteiger partial charge in [0.05, 0.1) is 0 Å². The van der Waals surface area contributed by atoms with Crippen LogP contribution in [0.5, 0.6) is 11.5 Å². The highest BCUT2D eigenvalue weighted by atomic mass is 32.1. The number of ether oxygens (including phenoxy) is 1. The van der Waals surface area contributed by atoms with E-state index in [0.717, 1.165) is 11.5 Å². The molecule has 0 amide bonds. The summed E-state index contributed by atoms with van der Waals surface area (Å²) in [6, 6.07) is 55.4. The van der Waals surface area contributed by atoms with Crippen molar-refractivity contribution in [1.29, 1.82) is 0 Å². The normalized spacial score (nSPS) is 12.6. The van der Waals surface area contributed by atoms with E-state index in [1.54, 1.807) is 0 Å². The van der Waals surface area contributed by atoms with Gasteiger partial charge in [-0.1, -0.05) is 139 Å². The average molecular weight is 589 g/mol. The van der Waals surface area contributed by atoms with Crippen LogP contribution in [-0.2, 0) is 0 Å². The first-order chi connectivity index (χ1) is 22.3. The van der Waals surface area contributed by atoms with Crippen molar-refractivity contribution in [3.05, 3.63) is 152 Å². The predicted molar refractivity (Wildman–Crippen MR) is 195 cm³/mol. The van der Waals surface area contributed by atoms with Crippen LogP contribution < -0.4 is 21.1 Å². The summed E-state index contributed by atoms with van der Waals surface area (Å²) in [6.07, 6.45) is 0. The van der Waals surface area contributed by atoms with E-state index in [4.69, 9.17) is 4.74 Å². The van der Waals surface area contributed by atoms with E-state index in [0.29, 0.717) is 0 Å². The average Bonchev–Trinajstić information content (AvgIpc) is 3.49. The van der Waals surface area contributed by atoms with Gasteiger partial charge in [0.1, 0.15) is 11.5 Å². The highest BCUT2D eigenvalue weighted by Gasteiger charge is 2.33. The SMILES string of the molecule is c1cc(B2c3ccccc3Oc3cc4c5ccccc5c5ccccc5c4cc32)cc(-c2cccc3c2sc2ccccc23)c1. The molecule has 0 radical (unpaired) electrons. The zero-order valence-corrected chi connectivity index (χ0v) is 25.1. The minimum absolute atomic E-state index is 0.0427. The Labute approximate surface area is 265 Å². The molecule has 0 saturated carbocycles. The third-order valence-corrected chi connectivity index (χ3v) is 10.8. The molecule has 0 spiro atoms. The lowest BCUT2D eigenvalue weighted by molar-refractivity contribution is 0.488. The summed E-state index contributed by atoms with van der Waals surface area (Å²) in [6.45, 7) is 0.0427. The van der Waals surface area contributed by atoms with Crippen molar-refractivity contribution < 1.29 is 4.74 Å². The second kappa shape index (κ2) is 9.56. The van der Waals surface area contributed by atoms with E-state index in [2.05, 4.69) is 152 Å². The van der Waals surface area contributed by atoms with Gasteiger partial charge in [-0.05, 0) is 72.6 Å². The van der Waals surface area contributed by atoms with Gasteiger partial charge < -0.3 is 4.74 Å². The summed E-state index contributed by atoms with van der Waals surface area (Å²) in [5.74, 6) is 1.86. The molecule has 3 heteroatoms.